The lowest BCUT2D eigenvalue weighted by molar-refractivity contribution is -0.123. The molecule has 236 valence electrons. The zero-order valence-electron chi connectivity index (χ0n) is 24.6. The highest BCUT2D eigenvalue weighted by Crippen LogP contribution is 2.48. The summed E-state index contributed by atoms with van der Waals surface area (Å²) in [5.41, 5.74) is 4.65. The predicted molar refractivity (Wildman–Crippen MR) is 157 cm³/mol. The Morgan fingerprint density at radius 3 is 2.58 bits per heavy atom. The second-order valence-corrected chi connectivity index (χ2v) is 11.8. The van der Waals surface area contributed by atoms with Crippen molar-refractivity contribution >= 4 is 22.7 Å². The molecule has 1 fully saturated rings. The highest BCUT2D eigenvalue weighted by Gasteiger charge is 2.47. The van der Waals surface area contributed by atoms with Crippen molar-refractivity contribution in [3.8, 4) is 22.8 Å². The number of nitrogens with zero attached hydrogens (tertiary/aromatic N) is 3. The van der Waals surface area contributed by atoms with Gasteiger partial charge in [0.15, 0.2) is 0 Å². The number of nitrogens with one attached hydrogen (secondary N) is 1. The van der Waals surface area contributed by atoms with Crippen molar-refractivity contribution in [1.82, 2.24) is 20.1 Å². The lowest BCUT2D eigenvalue weighted by Gasteiger charge is -2.35. The van der Waals surface area contributed by atoms with Crippen LogP contribution in [0.1, 0.15) is 60.8 Å². The van der Waals surface area contributed by atoms with Gasteiger partial charge in [0.05, 0.1) is 19.3 Å². The van der Waals surface area contributed by atoms with E-state index in [0.717, 1.165) is 19.0 Å². The molecule has 1 aliphatic carbocycles. The first-order chi connectivity index (χ1) is 21.4. The van der Waals surface area contributed by atoms with Crippen LogP contribution in [0.4, 0.5) is 13.2 Å². The van der Waals surface area contributed by atoms with Crippen LogP contribution < -0.4 is 20.5 Å². The van der Waals surface area contributed by atoms with Gasteiger partial charge in [0.2, 0.25) is 5.91 Å². The van der Waals surface area contributed by atoms with Gasteiger partial charge in [0.1, 0.15) is 46.1 Å². The molecule has 13 heteroatoms. The summed E-state index contributed by atoms with van der Waals surface area (Å²) in [6.07, 6.45) is 4.17. The summed E-state index contributed by atoms with van der Waals surface area (Å²) < 4.78 is 52.1. The maximum atomic E-state index is 13.8. The van der Waals surface area contributed by atoms with E-state index in [0.29, 0.717) is 40.1 Å². The van der Waals surface area contributed by atoms with Gasteiger partial charge >= 0.3 is 6.55 Å². The molecule has 0 saturated heterocycles. The van der Waals surface area contributed by atoms with E-state index < -0.39 is 35.2 Å². The van der Waals surface area contributed by atoms with Crippen molar-refractivity contribution in [3.05, 3.63) is 71.3 Å². The zero-order chi connectivity index (χ0) is 32.1. The molecule has 0 bridgehead atoms. The largest absolute Gasteiger partial charge is 0.494 e. The fourth-order valence-corrected chi connectivity index (χ4v) is 6.29. The van der Waals surface area contributed by atoms with Crippen LogP contribution in [0.5, 0.6) is 11.5 Å². The van der Waals surface area contributed by atoms with Crippen LogP contribution in [0.3, 0.4) is 0 Å². The Balaban J connectivity index is 1.41. The van der Waals surface area contributed by atoms with Crippen LogP contribution in [0.25, 0.3) is 22.2 Å². The molecule has 0 unspecified atom stereocenters. The number of fused-ring (bicyclic) bond motifs is 2. The Morgan fingerprint density at radius 2 is 1.93 bits per heavy atom. The molecule has 1 aliphatic heterocycles. The van der Waals surface area contributed by atoms with Crippen LogP contribution in [0, 0.1) is 11.7 Å². The summed E-state index contributed by atoms with van der Waals surface area (Å²) in [7, 11) is 1.35. The molecule has 0 radical (unpaired) electrons. The topological polar surface area (TPSA) is 142 Å². The first kappa shape index (κ1) is 30.4. The number of primary amides is 1. The molecule has 0 spiro atoms. The maximum Gasteiger partial charge on any atom is 0.333 e. The Bertz CT molecular complexity index is 1790. The molecule has 2 aromatic heterocycles. The van der Waals surface area contributed by atoms with E-state index in [2.05, 4.69) is 10.4 Å². The first-order valence-corrected chi connectivity index (χ1v) is 14.5. The minimum atomic E-state index is -2.87. The molecule has 6 rings (SSSR count). The number of benzene rings is 2. The number of hydrogen-bond acceptors (Lipinski definition) is 7. The van der Waals surface area contributed by atoms with Crippen LogP contribution in [0.2, 0.25) is 0 Å². The summed E-state index contributed by atoms with van der Waals surface area (Å²) >= 11 is 0. The third-order valence-electron chi connectivity index (χ3n) is 9.00. The second kappa shape index (κ2) is 11.4. The molecule has 4 aromatic rings. The predicted octanol–water partition coefficient (Wildman–Crippen LogP) is 4.58. The van der Waals surface area contributed by atoms with Crippen LogP contribution >= 0.6 is 0 Å². The van der Waals surface area contributed by atoms with Crippen molar-refractivity contribution in [2.24, 2.45) is 11.7 Å². The van der Waals surface area contributed by atoms with Gasteiger partial charge in [0, 0.05) is 28.3 Å². The standard InChI is InChI=1S/C32H32F3N5O5/c1-31(29(36)42)16-45-27-22(31)13-24(38-26(27)17-7-9-21(33)10-8-17)32(43,20-5-3-4-6-20)15-37-28(41)18-11-19-14-40(30(34)35)39-25(19)23(12-18)44-2/h7-14,20,30,43H,3-6,15-16H2,1-2H3,(H2,36,42)(H,37,41)/t31-,32+/m0/s1. The Labute approximate surface area is 256 Å². The summed E-state index contributed by atoms with van der Waals surface area (Å²) in [5, 5.41) is 19.4. The lowest BCUT2D eigenvalue weighted by Crippen LogP contribution is -2.46. The van der Waals surface area contributed by atoms with Crippen molar-refractivity contribution in [1.29, 1.82) is 0 Å². The van der Waals surface area contributed by atoms with E-state index >= 15 is 0 Å². The van der Waals surface area contributed by atoms with E-state index in [1.165, 1.54) is 43.5 Å². The number of nitrogens with two attached hydrogens (primary N) is 1. The number of carbonyl (C=O) groups is 2. The quantitative estimate of drug-likeness (QED) is 0.248. The van der Waals surface area contributed by atoms with E-state index in [9.17, 15) is 27.9 Å². The SMILES string of the molecule is COc1cc(C(=O)NC[C@](O)(c2cc3c(c(-c4ccc(F)cc4)n2)OC[C@]3(C)C(N)=O)C2CCCC2)cc2cn(C(F)F)nc12. The van der Waals surface area contributed by atoms with Gasteiger partial charge in [-0.15, -0.1) is 0 Å². The van der Waals surface area contributed by atoms with E-state index in [1.807, 2.05) is 0 Å². The summed E-state index contributed by atoms with van der Waals surface area (Å²) in [4.78, 5) is 31.0. The van der Waals surface area contributed by atoms with Crippen molar-refractivity contribution in [2.75, 3.05) is 20.3 Å². The van der Waals surface area contributed by atoms with Gasteiger partial charge in [-0.25, -0.2) is 14.1 Å². The molecule has 1 saturated carbocycles. The third kappa shape index (κ3) is 5.24. The van der Waals surface area contributed by atoms with Gasteiger partial charge in [0.25, 0.3) is 5.91 Å². The number of aromatic nitrogens is 3. The molecule has 2 amide bonds. The number of halogens is 3. The van der Waals surface area contributed by atoms with Gasteiger partial charge < -0.3 is 25.6 Å². The average Bonchev–Trinajstić information content (AvgIpc) is 3.79. The summed E-state index contributed by atoms with van der Waals surface area (Å²) in [6, 6.07) is 10.0. The minimum Gasteiger partial charge on any atom is -0.494 e. The normalized spacial score (nSPS) is 19.4. The first-order valence-electron chi connectivity index (χ1n) is 14.5. The Hall–Kier alpha value is -4.65. The molecular formula is C32H32F3N5O5. The monoisotopic (exact) mass is 623 g/mol. The highest BCUT2D eigenvalue weighted by atomic mass is 19.3. The zero-order valence-corrected chi connectivity index (χ0v) is 24.6. The smallest absolute Gasteiger partial charge is 0.333 e. The summed E-state index contributed by atoms with van der Waals surface area (Å²) in [6.45, 7) is -1.52. The molecule has 2 aromatic carbocycles. The fraction of sp³-hybridized carbons (Fsp3) is 0.375. The van der Waals surface area contributed by atoms with Crippen molar-refractivity contribution < 1.29 is 37.3 Å². The molecule has 2 atom stereocenters. The van der Waals surface area contributed by atoms with Gasteiger partial charge in [-0.2, -0.15) is 13.9 Å². The Morgan fingerprint density at radius 1 is 1.22 bits per heavy atom. The number of aliphatic hydroxyl groups is 1. The van der Waals surface area contributed by atoms with Crippen LogP contribution in [0.15, 0.2) is 48.7 Å². The van der Waals surface area contributed by atoms with Gasteiger partial charge in [-0.05, 0) is 68.1 Å². The van der Waals surface area contributed by atoms with E-state index in [-0.39, 0.29) is 47.0 Å². The number of alkyl halides is 2. The van der Waals surface area contributed by atoms with Crippen LogP contribution in [-0.2, 0) is 15.8 Å². The Kier molecular flexibility index (Phi) is 7.67. The maximum absolute atomic E-state index is 13.8. The molecule has 4 N–H and O–H groups in total. The van der Waals surface area contributed by atoms with Crippen molar-refractivity contribution in [3.63, 3.8) is 0 Å². The minimum absolute atomic E-state index is 0.0396. The van der Waals surface area contributed by atoms with Gasteiger partial charge in [-0.1, -0.05) is 12.8 Å². The number of rotatable bonds is 9. The number of carbonyl (C=O) groups excluding carboxylic acids is 2. The number of pyridine rings is 1. The van der Waals surface area contributed by atoms with E-state index in [1.54, 1.807) is 13.0 Å². The fourth-order valence-electron chi connectivity index (χ4n) is 6.29. The number of amides is 2. The van der Waals surface area contributed by atoms with Gasteiger partial charge in [-0.3, -0.25) is 9.59 Å². The molecular weight excluding hydrogens is 591 g/mol. The van der Waals surface area contributed by atoms with E-state index in [4.69, 9.17) is 20.2 Å². The third-order valence-corrected chi connectivity index (χ3v) is 9.00. The number of methoxy groups -OCH3 is 1. The molecule has 10 nitrogen and oxygen atoms in total. The number of ether oxygens (including phenoxy) is 2. The lowest BCUT2D eigenvalue weighted by atomic mass is 9.78. The molecule has 2 aliphatic rings. The number of hydrogen-bond donors (Lipinski definition) is 3. The average molecular weight is 624 g/mol. The second-order valence-electron chi connectivity index (χ2n) is 11.8. The molecule has 45 heavy (non-hydrogen) atoms. The highest BCUT2D eigenvalue weighted by molar-refractivity contribution is 6.00. The molecule has 3 heterocycles. The van der Waals surface area contributed by atoms with Crippen molar-refractivity contribution in [2.45, 2.75) is 50.2 Å². The van der Waals surface area contributed by atoms with Crippen LogP contribution in [-0.4, -0.2) is 51.9 Å². The summed E-state index contributed by atoms with van der Waals surface area (Å²) in [5.74, 6) is -1.50.